The Hall–Kier alpha value is -2.04. The van der Waals surface area contributed by atoms with E-state index in [4.69, 9.17) is 14.5 Å². The standard InChI is InChI=1S/C20H30N6O2.HI/c1-4-21-20(26-11-9-16(10-12-26)19-23-14-24-25-19)22-13-15(2)28-18-7-5-17(27-3)6-8-18;/h5-8,14-16H,4,9-13H2,1-3H3,(H,21,22)(H,23,24,25);1H. The van der Waals surface area contributed by atoms with E-state index in [2.05, 4.69) is 32.3 Å². The Morgan fingerprint density at radius 1 is 1.28 bits per heavy atom. The second kappa shape index (κ2) is 11.8. The molecule has 1 aromatic heterocycles. The van der Waals surface area contributed by atoms with Crippen LogP contribution >= 0.6 is 24.0 Å². The largest absolute Gasteiger partial charge is 0.497 e. The molecule has 2 N–H and O–H groups in total. The van der Waals surface area contributed by atoms with Crippen molar-refractivity contribution in [2.45, 2.75) is 38.7 Å². The summed E-state index contributed by atoms with van der Waals surface area (Å²) < 4.78 is 11.1. The van der Waals surface area contributed by atoms with E-state index in [1.165, 1.54) is 0 Å². The number of likely N-dealkylation sites (tertiary alicyclic amines) is 1. The second-order valence-electron chi connectivity index (χ2n) is 6.93. The molecule has 3 rings (SSSR count). The van der Waals surface area contributed by atoms with Crippen molar-refractivity contribution in [2.75, 3.05) is 33.3 Å². The first-order chi connectivity index (χ1) is 13.7. The summed E-state index contributed by atoms with van der Waals surface area (Å²) in [6, 6.07) is 7.62. The monoisotopic (exact) mass is 514 g/mol. The Labute approximate surface area is 189 Å². The maximum Gasteiger partial charge on any atom is 0.194 e. The number of nitrogens with zero attached hydrogens (tertiary/aromatic N) is 4. The SMILES string of the molecule is CCNC(=NCC(C)Oc1ccc(OC)cc1)N1CCC(c2ncn[nH]2)CC1.I. The molecule has 29 heavy (non-hydrogen) atoms. The molecule has 2 aromatic rings. The fourth-order valence-electron chi connectivity index (χ4n) is 3.34. The zero-order valence-corrected chi connectivity index (χ0v) is 19.6. The summed E-state index contributed by atoms with van der Waals surface area (Å²) in [7, 11) is 1.66. The summed E-state index contributed by atoms with van der Waals surface area (Å²) in [5, 5.41) is 10.4. The summed E-state index contributed by atoms with van der Waals surface area (Å²) in [5.41, 5.74) is 0. The highest BCUT2D eigenvalue weighted by atomic mass is 127. The van der Waals surface area contributed by atoms with E-state index in [1.54, 1.807) is 13.4 Å². The Kier molecular flexibility index (Phi) is 9.49. The molecule has 1 saturated heterocycles. The molecule has 1 fully saturated rings. The van der Waals surface area contributed by atoms with E-state index < -0.39 is 0 Å². The van der Waals surface area contributed by atoms with Crippen LogP contribution in [-0.2, 0) is 0 Å². The summed E-state index contributed by atoms with van der Waals surface area (Å²) in [6.45, 7) is 7.46. The maximum atomic E-state index is 5.97. The summed E-state index contributed by atoms with van der Waals surface area (Å²) in [4.78, 5) is 11.4. The average molecular weight is 514 g/mol. The first-order valence-electron chi connectivity index (χ1n) is 9.88. The predicted octanol–water partition coefficient (Wildman–Crippen LogP) is 3.04. The number of nitrogens with one attached hydrogen (secondary N) is 2. The number of rotatable bonds is 7. The number of guanidine groups is 1. The Bertz CT molecular complexity index is 730. The molecule has 0 spiro atoms. The highest BCUT2D eigenvalue weighted by molar-refractivity contribution is 14.0. The van der Waals surface area contributed by atoms with E-state index in [0.717, 1.165) is 55.8 Å². The van der Waals surface area contributed by atoms with Crippen LogP contribution in [-0.4, -0.2) is 65.4 Å². The minimum atomic E-state index is -0.0196. The van der Waals surface area contributed by atoms with Crippen LogP contribution in [0.5, 0.6) is 11.5 Å². The lowest BCUT2D eigenvalue weighted by Gasteiger charge is -2.33. The lowest BCUT2D eigenvalue weighted by molar-refractivity contribution is 0.228. The number of aromatic amines is 1. The van der Waals surface area contributed by atoms with Gasteiger partial charge in [0.05, 0.1) is 13.7 Å². The number of H-pyrrole nitrogens is 1. The fourth-order valence-corrected chi connectivity index (χ4v) is 3.34. The van der Waals surface area contributed by atoms with Gasteiger partial charge in [0.2, 0.25) is 0 Å². The van der Waals surface area contributed by atoms with Gasteiger partial charge in [-0.1, -0.05) is 0 Å². The Balaban J connectivity index is 0.00000300. The zero-order chi connectivity index (χ0) is 19.8. The molecule has 8 nitrogen and oxygen atoms in total. The average Bonchev–Trinajstić information content (AvgIpc) is 3.27. The molecule has 1 aliphatic heterocycles. The Morgan fingerprint density at radius 2 is 1.97 bits per heavy atom. The number of halogens is 1. The number of piperidine rings is 1. The van der Waals surface area contributed by atoms with Crippen LogP contribution in [0.3, 0.4) is 0 Å². The molecule has 160 valence electrons. The van der Waals surface area contributed by atoms with Crippen molar-refractivity contribution in [3.8, 4) is 11.5 Å². The molecule has 0 saturated carbocycles. The van der Waals surface area contributed by atoms with E-state index in [9.17, 15) is 0 Å². The third-order valence-electron chi connectivity index (χ3n) is 4.84. The van der Waals surface area contributed by atoms with Crippen LogP contribution < -0.4 is 14.8 Å². The van der Waals surface area contributed by atoms with E-state index in [-0.39, 0.29) is 30.1 Å². The predicted molar refractivity (Wildman–Crippen MR) is 124 cm³/mol. The normalized spacial score (nSPS) is 16.1. The molecule has 0 amide bonds. The summed E-state index contributed by atoms with van der Waals surface area (Å²) >= 11 is 0. The molecular formula is C20H31IN6O2. The number of hydrogen-bond acceptors (Lipinski definition) is 5. The third kappa shape index (κ3) is 6.76. The third-order valence-corrected chi connectivity index (χ3v) is 4.84. The highest BCUT2D eigenvalue weighted by Gasteiger charge is 2.24. The molecule has 9 heteroatoms. The van der Waals surface area contributed by atoms with Gasteiger partial charge in [-0.25, -0.2) is 9.98 Å². The van der Waals surface area contributed by atoms with Gasteiger partial charge in [-0.05, 0) is 51.0 Å². The molecule has 0 aliphatic carbocycles. The van der Waals surface area contributed by atoms with Gasteiger partial charge >= 0.3 is 0 Å². The number of benzene rings is 1. The van der Waals surface area contributed by atoms with Gasteiger partial charge in [0, 0.05) is 25.6 Å². The lowest BCUT2D eigenvalue weighted by Crippen LogP contribution is -2.45. The molecule has 1 unspecified atom stereocenters. The van der Waals surface area contributed by atoms with Crippen molar-refractivity contribution in [3.63, 3.8) is 0 Å². The van der Waals surface area contributed by atoms with Gasteiger partial charge in [-0.15, -0.1) is 24.0 Å². The van der Waals surface area contributed by atoms with Crippen molar-refractivity contribution >= 4 is 29.9 Å². The maximum absolute atomic E-state index is 5.97. The molecule has 1 atom stereocenters. The minimum absolute atomic E-state index is 0. The van der Waals surface area contributed by atoms with Crippen molar-refractivity contribution in [3.05, 3.63) is 36.4 Å². The van der Waals surface area contributed by atoms with Crippen molar-refractivity contribution in [1.29, 1.82) is 0 Å². The Morgan fingerprint density at radius 3 is 2.55 bits per heavy atom. The quantitative estimate of drug-likeness (QED) is 0.336. The van der Waals surface area contributed by atoms with Gasteiger partial charge in [-0.3, -0.25) is 5.10 Å². The van der Waals surface area contributed by atoms with Gasteiger partial charge in [0.15, 0.2) is 5.96 Å². The zero-order valence-electron chi connectivity index (χ0n) is 17.3. The second-order valence-corrected chi connectivity index (χ2v) is 6.93. The van der Waals surface area contributed by atoms with Crippen LogP contribution in [0.4, 0.5) is 0 Å². The molecule has 0 bridgehead atoms. The first kappa shape index (κ1) is 23.2. The van der Waals surface area contributed by atoms with Gasteiger partial charge in [0.1, 0.15) is 29.8 Å². The summed E-state index contributed by atoms with van der Waals surface area (Å²) in [5.74, 6) is 4.02. The lowest BCUT2D eigenvalue weighted by atomic mass is 9.96. The number of aromatic nitrogens is 3. The highest BCUT2D eigenvalue weighted by Crippen LogP contribution is 2.25. The number of methoxy groups -OCH3 is 1. The van der Waals surface area contributed by atoms with Crippen LogP contribution in [0.25, 0.3) is 0 Å². The van der Waals surface area contributed by atoms with Gasteiger partial charge in [-0.2, -0.15) is 5.10 Å². The van der Waals surface area contributed by atoms with Crippen molar-refractivity contribution in [1.82, 2.24) is 25.4 Å². The van der Waals surface area contributed by atoms with E-state index >= 15 is 0 Å². The fraction of sp³-hybridized carbons (Fsp3) is 0.550. The van der Waals surface area contributed by atoms with Gasteiger partial charge in [0.25, 0.3) is 0 Å². The first-order valence-corrected chi connectivity index (χ1v) is 9.88. The van der Waals surface area contributed by atoms with Crippen molar-refractivity contribution in [2.24, 2.45) is 4.99 Å². The van der Waals surface area contributed by atoms with E-state index in [0.29, 0.717) is 12.5 Å². The van der Waals surface area contributed by atoms with E-state index in [1.807, 2.05) is 31.2 Å². The molecule has 1 aliphatic rings. The van der Waals surface area contributed by atoms with Crippen LogP contribution in [0.15, 0.2) is 35.6 Å². The number of aliphatic imine (C=N–C) groups is 1. The van der Waals surface area contributed by atoms with Crippen LogP contribution in [0, 0.1) is 0 Å². The van der Waals surface area contributed by atoms with Gasteiger partial charge < -0.3 is 19.7 Å². The topological polar surface area (TPSA) is 87.7 Å². The van der Waals surface area contributed by atoms with Crippen LogP contribution in [0.2, 0.25) is 0 Å². The smallest absolute Gasteiger partial charge is 0.194 e. The summed E-state index contributed by atoms with van der Waals surface area (Å²) in [6.07, 6.45) is 3.64. The molecule has 1 aromatic carbocycles. The molecular weight excluding hydrogens is 483 g/mol. The number of hydrogen-bond donors (Lipinski definition) is 2. The minimum Gasteiger partial charge on any atom is -0.497 e. The molecule has 2 heterocycles. The van der Waals surface area contributed by atoms with Crippen molar-refractivity contribution < 1.29 is 9.47 Å². The number of ether oxygens (including phenoxy) is 2. The molecule has 0 radical (unpaired) electrons. The van der Waals surface area contributed by atoms with Crippen LogP contribution in [0.1, 0.15) is 38.4 Å².